The molecule has 6 heteroatoms. The maximum Gasteiger partial charge on any atom is 0.244 e. The van der Waals surface area contributed by atoms with Crippen LogP contribution in [-0.2, 0) is 4.79 Å². The molecule has 0 aromatic carbocycles. The Morgan fingerprint density at radius 3 is 1.86 bits per heavy atom. The zero-order valence-corrected chi connectivity index (χ0v) is 14.2. The first-order valence-electron chi connectivity index (χ1n) is 6.76. The van der Waals surface area contributed by atoms with E-state index in [1.54, 1.807) is 40.9 Å². The smallest absolute Gasteiger partial charge is 0.244 e. The zero-order chi connectivity index (χ0) is 16.2. The molecule has 0 saturated carbocycles. The van der Waals surface area contributed by atoms with E-state index in [1.807, 2.05) is 49.4 Å². The molecule has 2 N–H and O–H groups in total. The second-order valence-electron chi connectivity index (χ2n) is 4.16. The lowest BCUT2D eigenvalue weighted by atomic mass is 10.2. The number of hydrogen-bond donors (Lipinski definition) is 1. The lowest BCUT2D eigenvalue weighted by Gasteiger charge is -1.97. The van der Waals surface area contributed by atoms with Crippen molar-refractivity contribution in [3.8, 4) is 0 Å². The van der Waals surface area contributed by atoms with Crippen molar-refractivity contribution < 1.29 is 4.79 Å². The van der Waals surface area contributed by atoms with Crippen LogP contribution in [0.5, 0.6) is 0 Å². The summed E-state index contributed by atoms with van der Waals surface area (Å²) >= 11 is 0. The summed E-state index contributed by atoms with van der Waals surface area (Å²) in [7, 11) is 3.23. The van der Waals surface area contributed by atoms with Crippen LogP contribution in [0, 0.1) is 0 Å². The average Bonchev–Trinajstić information content (AvgIpc) is 2.56. The Balaban J connectivity index is 0.000000261. The van der Waals surface area contributed by atoms with Gasteiger partial charge in [-0.05, 0) is 59.2 Å². The number of hydrogen-bond acceptors (Lipinski definition) is 5. The van der Waals surface area contributed by atoms with Gasteiger partial charge in [-0.25, -0.2) is 9.97 Å². The lowest BCUT2D eigenvalue weighted by Crippen LogP contribution is -2.11. The summed E-state index contributed by atoms with van der Waals surface area (Å²) in [6.07, 6.45) is 6.26. The highest BCUT2D eigenvalue weighted by Crippen LogP contribution is 2.34. The molecule has 2 aromatic rings. The third-order valence-corrected chi connectivity index (χ3v) is 4.57. The highest BCUT2D eigenvalue weighted by molar-refractivity contribution is 8.76. The van der Waals surface area contributed by atoms with E-state index in [4.69, 9.17) is 5.73 Å². The van der Waals surface area contributed by atoms with Gasteiger partial charge in [0.25, 0.3) is 0 Å². The number of nitrogens with two attached hydrogens (primary N) is 1. The fourth-order valence-corrected chi connectivity index (χ4v) is 3.04. The van der Waals surface area contributed by atoms with Crippen LogP contribution >= 0.6 is 21.6 Å². The third-order valence-electron chi connectivity index (χ3n) is 2.39. The first-order valence-corrected chi connectivity index (χ1v) is 8.91. The quantitative estimate of drug-likeness (QED) is 0.659. The van der Waals surface area contributed by atoms with Crippen molar-refractivity contribution in [2.24, 2.45) is 5.73 Å². The van der Waals surface area contributed by atoms with Gasteiger partial charge in [0.1, 0.15) is 10.1 Å². The van der Waals surface area contributed by atoms with E-state index in [2.05, 4.69) is 9.97 Å². The number of rotatable bonds is 5. The van der Waals surface area contributed by atoms with Gasteiger partial charge in [-0.1, -0.05) is 25.1 Å². The van der Waals surface area contributed by atoms with Crippen molar-refractivity contribution in [1.82, 2.24) is 9.97 Å². The zero-order valence-electron chi connectivity index (χ0n) is 12.6. The van der Waals surface area contributed by atoms with Gasteiger partial charge in [-0.3, -0.25) is 4.79 Å². The molecular formula is C16H19N3OS2. The number of pyridine rings is 2. The van der Waals surface area contributed by atoms with Crippen LogP contribution in [0.15, 0.2) is 70.5 Å². The van der Waals surface area contributed by atoms with E-state index in [1.165, 1.54) is 0 Å². The number of amides is 1. The van der Waals surface area contributed by atoms with Crippen molar-refractivity contribution in [1.29, 1.82) is 0 Å². The van der Waals surface area contributed by atoms with Gasteiger partial charge in [0.2, 0.25) is 5.91 Å². The summed E-state index contributed by atoms with van der Waals surface area (Å²) in [5.41, 5.74) is 5.56. The maximum absolute atomic E-state index is 10.2. The number of allylic oxidation sites excluding steroid dienone is 1. The molecule has 0 fully saturated rings. The van der Waals surface area contributed by atoms with Crippen molar-refractivity contribution in [2.45, 2.75) is 30.3 Å². The Hall–Kier alpha value is -1.79. The Morgan fingerprint density at radius 2 is 1.59 bits per heavy atom. The summed E-state index contributed by atoms with van der Waals surface area (Å²) in [4.78, 5) is 18.7. The molecule has 4 nitrogen and oxygen atoms in total. The average molecular weight is 333 g/mol. The van der Waals surface area contributed by atoms with Gasteiger partial charge < -0.3 is 5.73 Å². The first kappa shape index (κ1) is 18.3. The van der Waals surface area contributed by atoms with E-state index in [0.717, 1.165) is 16.5 Å². The molecule has 0 saturated heterocycles. The van der Waals surface area contributed by atoms with Gasteiger partial charge in [-0.2, -0.15) is 0 Å². The number of nitrogens with zero attached hydrogens (tertiary/aromatic N) is 2. The molecule has 0 aliphatic rings. The Bertz CT molecular complexity index is 549. The number of primary amides is 1. The number of aromatic nitrogens is 2. The summed E-state index contributed by atoms with van der Waals surface area (Å²) in [6.45, 7) is 3.68. The first-order chi connectivity index (χ1) is 10.6. The maximum atomic E-state index is 10.2. The Morgan fingerprint density at radius 1 is 1.09 bits per heavy atom. The second kappa shape index (κ2) is 10.9. The van der Waals surface area contributed by atoms with Crippen LogP contribution in [0.4, 0.5) is 0 Å². The van der Waals surface area contributed by atoms with E-state index in [0.29, 0.717) is 5.57 Å². The molecule has 0 aliphatic heterocycles. The molecule has 2 aromatic heterocycles. The largest absolute Gasteiger partial charge is 0.366 e. The standard InChI is InChI=1S/C10H8N2S2.C6H11NO/c1-3-7-11-9(5-1)13-14-10-6-2-4-8-12-10;1-3-4-5(2)6(7)8/h1-8H;4H,3H2,1-2H3,(H2,7,8). The molecule has 0 aliphatic carbocycles. The van der Waals surface area contributed by atoms with Gasteiger partial charge >= 0.3 is 0 Å². The molecule has 0 atom stereocenters. The van der Waals surface area contributed by atoms with Crippen LogP contribution < -0.4 is 5.73 Å². The van der Waals surface area contributed by atoms with Gasteiger partial charge in [0.05, 0.1) is 0 Å². The molecule has 116 valence electrons. The summed E-state index contributed by atoms with van der Waals surface area (Å²) in [6, 6.07) is 11.8. The van der Waals surface area contributed by atoms with Crippen LogP contribution in [-0.4, -0.2) is 15.9 Å². The number of carbonyl (C=O) groups excluding carboxylic acids is 1. The monoisotopic (exact) mass is 333 g/mol. The predicted molar refractivity (Wildman–Crippen MR) is 93.4 cm³/mol. The topological polar surface area (TPSA) is 68.9 Å². The molecule has 2 heterocycles. The van der Waals surface area contributed by atoms with Gasteiger partial charge in [0, 0.05) is 18.0 Å². The summed E-state index contributed by atoms with van der Waals surface area (Å²) < 4.78 is 0. The number of carbonyl (C=O) groups is 1. The minimum atomic E-state index is -0.327. The fourth-order valence-electron chi connectivity index (χ4n) is 1.28. The molecule has 22 heavy (non-hydrogen) atoms. The van der Waals surface area contributed by atoms with Crippen molar-refractivity contribution in [2.75, 3.05) is 0 Å². The molecule has 1 amide bonds. The Kier molecular flexibility index (Phi) is 9.02. The molecule has 0 spiro atoms. The molecule has 0 bridgehead atoms. The highest BCUT2D eigenvalue weighted by Gasteiger charge is 1.97. The van der Waals surface area contributed by atoms with Gasteiger partial charge in [-0.15, -0.1) is 0 Å². The Labute approximate surface area is 139 Å². The lowest BCUT2D eigenvalue weighted by molar-refractivity contribution is -0.114. The van der Waals surface area contributed by atoms with Crippen molar-refractivity contribution in [3.63, 3.8) is 0 Å². The van der Waals surface area contributed by atoms with Crippen LogP contribution in [0.3, 0.4) is 0 Å². The molecule has 0 radical (unpaired) electrons. The van der Waals surface area contributed by atoms with Crippen LogP contribution in [0.25, 0.3) is 0 Å². The summed E-state index contributed by atoms with van der Waals surface area (Å²) in [5.74, 6) is -0.327. The minimum Gasteiger partial charge on any atom is -0.366 e. The van der Waals surface area contributed by atoms with Gasteiger partial charge in [0.15, 0.2) is 0 Å². The second-order valence-corrected chi connectivity index (χ2v) is 6.33. The minimum absolute atomic E-state index is 0.327. The van der Waals surface area contributed by atoms with E-state index in [-0.39, 0.29) is 5.91 Å². The predicted octanol–water partition coefficient (Wildman–Crippen LogP) is 4.10. The van der Waals surface area contributed by atoms with Crippen molar-refractivity contribution >= 4 is 27.5 Å². The van der Waals surface area contributed by atoms with E-state index >= 15 is 0 Å². The van der Waals surface area contributed by atoms with E-state index < -0.39 is 0 Å². The molecule has 2 rings (SSSR count). The van der Waals surface area contributed by atoms with E-state index in [9.17, 15) is 4.79 Å². The summed E-state index contributed by atoms with van der Waals surface area (Å²) in [5, 5.41) is 2.01. The molecular weight excluding hydrogens is 314 g/mol. The normalized spacial score (nSPS) is 10.5. The highest BCUT2D eigenvalue weighted by atomic mass is 33.1. The third kappa shape index (κ3) is 7.85. The molecule has 0 unspecified atom stereocenters. The van der Waals surface area contributed by atoms with Crippen LogP contribution in [0.2, 0.25) is 0 Å². The SMILES string of the molecule is CCC=C(C)C(N)=O.c1ccc(SSc2ccccn2)nc1. The van der Waals surface area contributed by atoms with Crippen molar-refractivity contribution in [3.05, 3.63) is 60.4 Å². The van der Waals surface area contributed by atoms with Crippen LogP contribution in [0.1, 0.15) is 20.3 Å². The fraction of sp³-hybridized carbons (Fsp3) is 0.188.